The summed E-state index contributed by atoms with van der Waals surface area (Å²) in [5, 5.41) is 2.82. The Morgan fingerprint density at radius 3 is 2.10 bits per heavy atom. The molecule has 2 rings (SSSR count). The predicted octanol–water partition coefficient (Wildman–Crippen LogP) is 3.73. The van der Waals surface area contributed by atoms with Gasteiger partial charge >= 0.3 is 0 Å². The first-order valence-electron chi connectivity index (χ1n) is 6.43. The summed E-state index contributed by atoms with van der Waals surface area (Å²) in [6, 6.07) is 5.73. The summed E-state index contributed by atoms with van der Waals surface area (Å²) in [6.45, 7) is 1.72. The quantitative estimate of drug-likeness (QED) is 0.928. The molecule has 0 fully saturated rings. The van der Waals surface area contributed by atoms with Crippen molar-refractivity contribution in [3.05, 3.63) is 64.5 Å². The fourth-order valence-electron chi connectivity index (χ4n) is 2.36. The van der Waals surface area contributed by atoms with Crippen LogP contribution in [-0.4, -0.2) is 14.2 Å². The maximum Gasteiger partial charge on any atom is 0.134 e. The van der Waals surface area contributed by atoms with Gasteiger partial charge < -0.3 is 10.1 Å². The molecule has 1 N–H and O–H groups in total. The zero-order valence-corrected chi connectivity index (χ0v) is 12.0. The third kappa shape index (κ3) is 3.19. The van der Waals surface area contributed by atoms with Crippen molar-refractivity contribution < 1.29 is 17.9 Å². The molecule has 0 aliphatic carbocycles. The summed E-state index contributed by atoms with van der Waals surface area (Å²) in [6.07, 6.45) is 0. The van der Waals surface area contributed by atoms with Crippen molar-refractivity contribution in [1.29, 1.82) is 0 Å². The van der Waals surface area contributed by atoms with E-state index in [-0.39, 0.29) is 11.3 Å². The van der Waals surface area contributed by atoms with E-state index in [0.29, 0.717) is 11.1 Å². The molecule has 2 aromatic rings. The minimum Gasteiger partial charge on any atom is -0.497 e. The molecule has 0 aliphatic heterocycles. The molecule has 0 heterocycles. The summed E-state index contributed by atoms with van der Waals surface area (Å²) in [4.78, 5) is 0. The van der Waals surface area contributed by atoms with Crippen LogP contribution < -0.4 is 10.1 Å². The van der Waals surface area contributed by atoms with Crippen molar-refractivity contribution in [1.82, 2.24) is 5.32 Å². The number of halogens is 3. The lowest BCUT2D eigenvalue weighted by Gasteiger charge is -2.20. The van der Waals surface area contributed by atoms with Gasteiger partial charge in [-0.05, 0) is 37.2 Å². The van der Waals surface area contributed by atoms with Gasteiger partial charge in [-0.3, -0.25) is 0 Å². The highest BCUT2D eigenvalue weighted by molar-refractivity contribution is 5.39. The van der Waals surface area contributed by atoms with Crippen molar-refractivity contribution in [2.45, 2.75) is 13.0 Å². The van der Waals surface area contributed by atoms with E-state index in [1.807, 2.05) is 0 Å². The number of hydrogen-bond donors (Lipinski definition) is 1. The van der Waals surface area contributed by atoms with Crippen LogP contribution in [0.3, 0.4) is 0 Å². The first-order chi connectivity index (χ1) is 9.96. The summed E-state index contributed by atoms with van der Waals surface area (Å²) in [5.74, 6) is -1.83. The van der Waals surface area contributed by atoms with E-state index < -0.39 is 23.5 Å². The number of methoxy groups -OCH3 is 1. The van der Waals surface area contributed by atoms with Gasteiger partial charge in [0.05, 0.1) is 13.2 Å². The lowest BCUT2D eigenvalue weighted by molar-refractivity contribution is 0.403. The minimum absolute atomic E-state index is 0.0963. The molecule has 0 amide bonds. The lowest BCUT2D eigenvalue weighted by Crippen LogP contribution is -2.21. The fourth-order valence-corrected chi connectivity index (χ4v) is 2.36. The van der Waals surface area contributed by atoms with Gasteiger partial charge in [0, 0.05) is 17.7 Å². The normalized spacial score (nSPS) is 12.3. The number of benzene rings is 2. The predicted molar refractivity (Wildman–Crippen MR) is 74.9 cm³/mol. The smallest absolute Gasteiger partial charge is 0.134 e. The Labute approximate surface area is 121 Å². The average molecular weight is 295 g/mol. The molecular formula is C16H16F3NO. The molecule has 0 spiro atoms. The monoisotopic (exact) mass is 295 g/mol. The van der Waals surface area contributed by atoms with Crippen LogP contribution in [0.2, 0.25) is 0 Å². The molecule has 0 saturated heterocycles. The summed E-state index contributed by atoms with van der Waals surface area (Å²) < 4.78 is 46.7. The van der Waals surface area contributed by atoms with Crippen LogP contribution in [-0.2, 0) is 0 Å². The van der Waals surface area contributed by atoms with Crippen molar-refractivity contribution in [3.8, 4) is 5.75 Å². The van der Waals surface area contributed by atoms with Crippen molar-refractivity contribution >= 4 is 0 Å². The zero-order chi connectivity index (χ0) is 15.6. The molecule has 0 bridgehead atoms. The van der Waals surface area contributed by atoms with Gasteiger partial charge in [-0.2, -0.15) is 0 Å². The highest BCUT2D eigenvalue weighted by atomic mass is 19.1. The van der Waals surface area contributed by atoms with Gasteiger partial charge in [0.15, 0.2) is 0 Å². The molecule has 1 unspecified atom stereocenters. The van der Waals surface area contributed by atoms with E-state index in [0.717, 1.165) is 12.1 Å². The Morgan fingerprint density at radius 1 is 1.00 bits per heavy atom. The maximum absolute atomic E-state index is 14.2. The second kappa shape index (κ2) is 6.18. The zero-order valence-electron chi connectivity index (χ0n) is 12.0. The molecular weight excluding hydrogens is 279 g/mol. The molecule has 5 heteroatoms. The molecule has 0 radical (unpaired) electrons. The Morgan fingerprint density at radius 2 is 1.62 bits per heavy atom. The van der Waals surface area contributed by atoms with Gasteiger partial charge in [0.2, 0.25) is 0 Å². The molecule has 21 heavy (non-hydrogen) atoms. The Hall–Kier alpha value is -2.01. The van der Waals surface area contributed by atoms with Gasteiger partial charge in [-0.1, -0.05) is 6.07 Å². The molecule has 0 saturated carbocycles. The Balaban J connectivity index is 2.56. The highest BCUT2D eigenvalue weighted by Gasteiger charge is 2.22. The summed E-state index contributed by atoms with van der Waals surface area (Å²) in [5.41, 5.74) is 0.973. The third-order valence-corrected chi connectivity index (χ3v) is 3.26. The first kappa shape index (κ1) is 15.4. The van der Waals surface area contributed by atoms with Gasteiger partial charge in [-0.25, -0.2) is 13.2 Å². The van der Waals surface area contributed by atoms with Gasteiger partial charge in [0.25, 0.3) is 0 Å². The van der Waals surface area contributed by atoms with Crippen LogP contribution in [0.1, 0.15) is 22.7 Å². The van der Waals surface area contributed by atoms with Crippen LogP contribution in [0.5, 0.6) is 5.75 Å². The third-order valence-electron chi connectivity index (χ3n) is 3.26. The molecule has 0 aromatic heterocycles. The van der Waals surface area contributed by atoms with Crippen LogP contribution in [0.25, 0.3) is 0 Å². The van der Waals surface area contributed by atoms with Crippen molar-refractivity contribution in [2.75, 3.05) is 14.2 Å². The number of ether oxygens (including phenoxy) is 1. The van der Waals surface area contributed by atoms with E-state index >= 15 is 0 Å². The van der Waals surface area contributed by atoms with E-state index in [1.165, 1.54) is 19.2 Å². The standard InChI is InChI=1S/C16H16F3NO/c1-9-4-10(6-11(17)5-9)16(20-2)15-13(18)7-12(21-3)8-14(15)19/h4-8,16,20H,1-3H3. The molecule has 2 aromatic carbocycles. The second-order valence-corrected chi connectivity index (χ2v) is 4.79. The highest BCUT2D eigenvalue weighted by Crippen LogP contribution is 2.30. The number of nitrogens with one attached hydrogen (secondary N) is 1. The average Bonchev–Trinajstić information content (AvgIpc) is 2.41. The van der Waals surface area contributed by atoms with Crippen molar-refractivity contribution in [2.24, 2.45) is 0 Å². The van der Waals surface area contributed by atoms with Crippen molar-refractivity contribution in [3.63, 3.8) is 0 Å². The van der Waals surface area contributed by atoms with Crippen LogP contribution in [0.4, 0.5) is 13.2 Å². The fraction of sp³-hybridized carbons (Fsp3) is 0.250. The van der Waals surface area contributed by atoms with Crippen LogP contribution >= 0.6 is 0 Å². The van der Waals surface area contributed by atoms with E-state index in [1.54, 1.807) is 20.0 Å². The first-order valence-corrected chi connectivity index (χ1v) is 6.43. The van der Waals surface area contributed by atoms with Gasteiger partial charge in [0.1, 0.15) is 23.2 Å². The van der Waals surface area contributed by atoms with Gasteiger partial charge in [-0.15, -0.1) is 0 Å². The molecule has 112 valence electrons. The van der Waals surface area contributed by atoms with Crippen LogP contribution in [0, 0.1) is 24.4 Å². The molecule has 2 nitrogen and oxygen atoms in total. The summed E-state index contributed by atoms with van der Waals surface area (Å²) >= 11 is 0. The minimum atomic E-state index is -0.787. The summed E-state index contributed by atoms with van der Waals surface area (Å²) in [7, 11) is 2.90. The lowest BCUT2D eigenvalue weighted by atomic mass is 9.96. The number of hydrogen-bond acceptors (Lipinski definition) is 2. The molecule has 0 aliphatic rings. The van der Waals surface area contributed by atoms with Crippen LogP contribution in [0.15, 0.2) is 30.3 Å². The van der Waals surface area contributed by atoms with E-state index in [9.17, 15) is 13.2 Å². The number of rotatable bonds is 4. The largest absolute Gasteiger partial charge is 0.497 e. The topological polar surface area (TPSA) is 21.3 Å². The second-order valence-electron chi connectivity index (χ2n) is 4.79. The number of aryl methyl sites for hydroxylation is 1. The van der Waals surface area contributed by atoms with E-state index in [2.05, 4.69) is 5.32 Å². The maximum atomic E-state index is 14.2. The van der Waals surface area contributed by atoms with E-state index in [4.69, 9.17) is 4.74 Å². The Kier molecular flexibility index (Phi) is 4.53. The SMILES string of the molecule is CNC(c1cc(C)cc(F)c1)c1c(F)cc(OC)cc1F. The molecule has 1 atom stereocenters. The Bertz CT molecular complexity index is 615.